The SMILES string of the molecule is C[C@H]1CN(c2ccc(C(F)(F)F)s2)C(=O)c2c(C(=O)Nc3cncnc3)ccn21. The van der Waals surface area contributed by atoms with E-state index in [0.717, 1.165) is 6.07 Å². The van der Waals surface area contributed by atoms with E-state index in [1.165, 1.54) is 35.8 Å². The van der Waals surface area contributed by atoms with Crippen molar-refractivity contribution in [2.24, 2.45) is 0 Å². The molecule has 1 atom stereocenters. The molecule has 11 heteroatoms. The van der Waals surface area contributed by atoms with Crippen LogP contribution in [0.4, 0.5) is 23.9 Å². The van der Waals surface area contributed by atoms with E-state index < -0.39 is 22.9 Å². The number of hydrogen-bond acceptors (Lipinski definition) is 5. The van der Waals surface area contributed by atoms with E-state index in [9.17, 15) is 22.8 Å². The predicted molar refractivity (Wildman–Crippen MR) is 100 cm³/mol. The van der Waals surface area contributed by atoms with Crippen LogP contribution in [0.25, 0.3) is 0 Å². The molecule has 3 aromatic heterocycles. The molecule has 0 aliphatic carbocycles. The van der Waals surface area contributed by atoms with Crippen LogP contribution in [0.5, 0.6) is 0 Å². The van der Waals surface area contributed by atoms with Gasteiger partial charge >= 0.3 is 6.18 Å². The Hall–Kier alpha value is -3.21. The van der Waals surface area contributed by atoms with Crippen molar-refractivity contribution in [1.29, 1.82) is 0 Å². The lowest BCUT2D eigenvalue weighted by Crippen LogP contribution is -2.42. The van der Waals surface area contributed by atoms with Gasteiger partial charge in [0.05, 0.1) is 28.6 Å². The lowest BCUT2D eigenvalue weighted by molar-refractivity contribution is -0.134. The second-order valence-electron chi connectivity index (χ2n) is 6.47. The highest BCUT2D eigenvalue weighted by molar-refractivity contribution is 7.16. The van der Waals surface area contributed by atoms with E-state index in [2.05, 4.69) is 15.3 Å². The molecule has 7 nitrogen and oxygen atoms in total. The number of alkyl halides is 3. The number of carbonyl (C=O) groups excluding carboxylic acids is 2. The summed E-state index contributed by atoms with van der Waals surface area (Å²) in [4.78, 5) is 33.9. The summed E-state index contributed by atoms with van der Waals surface area (Å²) in [5.41, 5.74) is 0.613. The van der Waals surface area contributed by atoms with E-state index >= 15 is 0 Å². The lowest BCUT2D eigenvalue weighted by Gasteiger charge is -2.32. The molecule has 0 saturated carbocycles. The number of carbonyl (C=O) groups is 2. The molecule has 0 aromatic carbocycles. The molecule has 4 rings (SSSR count). The molecule has 0 bridgehead atoms. The van der Waals surface area contributed by atoms with E-state index in [0.29, 0.717) is 17.0 Å². The lowest BCUT2D eigenvalue weighted by atomic mass is 10.1. The molecular weight excluding hydrogens is 407 g/mol. The van der Waals surface area contributed by atoms with Gasteiger partial charge in [-0.25, -0.2) is 9.97 Å². The van der Waals surface area contributed by atoms with E-state index in [1.54, 1.807) is 10.8 Å². The van der Waals surface area contributed by atoms with Gasteiger partial charge in [-0.3, -0.25) is 14.5 Å². The zero-order chi connectivity index (χ0) is 20.8. The standard InChI is InChI=1S/C18H14F3N5O2S/c1-10-8-26(14-3-2-13(29-14)18(19,20)21)17(28)15-12(4-5-25(10)15)16(27)24-11-6-22-9-23-7-11/h2-7,9-10H,8H2,1H3,(H,24,27)/t10-/m0/s1. The number of amides is 2. The summed E-state index contributed by atoms with van der Waals surface area (Å²) in [6.45, 7) is 2.03. The fourth-order valence-electron chi connectivity index (χ4n) is 3.16. The van der Waals surface area contributed by atoms with Crippen molar-refractivity contribution in [2.45, 2.75) is 19.1 Å². The van der Waals surface area contributed by atoms with Crippen molar-refractivity contribution in [2.75, 3.05) is 16.8 Å². The first-order valence-electron chi connectivity index (χ1n) is 8.52. The number of thiophene rings is 1. The second-order valence-corrected chi connectivity index (χ2v) is 7.53. The Kier molecular flexibility index (Phi) is 4.61. The molecule has 1 aliphatic heterocycles. The summed E-state index contributed by atoms with van der Waals surface area (Å²) < 4.78 is 40.5. The van der Waals surface area contributed by atoms with Gasteiger partial charge in [0.25, 0.3) is 11.8 Å². The summed E-state index contributed by atoms with van der Waals surface area (Å²) in [6, 6.07) is 3.52. The van der Waals surface area contributed by atoms with Gasteiger partial charge in [-0.15, -0.1) is 11.3 Å². The summed E-state index contributed by atoms with van der Waals surface area (Å²) in [7, 11) is 0. The Morgan fingerprint density at radius 3 is 2.62 bits per heavy atom. The monoisotopic (exact) mass is 421 g/mol. The minimum Gasteiger partial charge on any atom is -0.338 e. The first-order valence-corrected chi connectivity index (χ1v) is 9.33. The first-order chi connectivity index (χ1) is 13.8. The minimum absolute atomic E-state index is 0.125. The van der Waals surface area contributed by atoms with Gasteiger partial charge in [-0.1, -0.05) is 0 Å². The molecule has 0 saturated heterocycles. The van der Waals surface area contributed by atoms with Crippen molar-refractivity contribution < 1.29 is 22.8 Å². The number of hydrogen-bond donors (Lipinski definition) is 1. The zero-order valence-electron chi connectivity index (χ0n) is 15.0. The first kappa shape index (κ1) is 19.1. The Morgan fingerprint density at radius 2 is 1.97 bits per heavy atom. The number of aromatic nitrogens is 3. The van der Waals surface area contributed by atoms with Crippen molar-refractivity contribution in [3.63, 3.8) is 0 Å². The second kappa shape index (κ2) is 6.99. The van der Waals surface area contributed by atoms with Crippen molar-refractivity contribution in [3.8, 4) is 0 Å². The molecule has 0 radical (unpaired) electrons. The maximum Gasteiger partial charge on any atom is 0.425 e. The van der Waals surface area contributed by atoms with Gasteiger partial charge < -0.3 is 9.88 Å². The summed E-state index contributed by atoms with van der Waals surface area (Å²) >= 11 is 0.500. The maximum absolute atomic E-state index is 13.1. The van der Waals surface area contributed by atoms with Crippen molar-refractivity contribution in [1.82, 2.24) is 14.5 Å². The van der Waals surface area contributed by atoms with E-state index in [-0.39, 0.29) is 28.8 Å². The average Bonchev–Trinajstić information content (AvgIpc) is 3.33. The molecule has 2 amide bonds. The van der Waals surface area contributed by atoms with Gasteiger partial charge in [0.1, 0.15) is 16.9 Å². The average molecular weight is 421 g/mol. The summed E-state index contributed by atoms with van der Waals surface area (Å²) in [5.74, 6) is -1.06. The molecule has 0 unspecified atom stereocenters. The topological polar surface area (TPSA) is 80.1 Å². The van der Waals surface area contributed by atoms with Crippen LogP contribution in [-0.2, 0) is 6.18 Å². The molecule has 4 heterocycles. The van der Waals surface area contributed by atoms with Crippen molar-refractivity contribution in [3.05, 3.63) is 59.3 Å². The highest BCUT2D eigenvalue weighted by Crippen LogP contribution is 2.40. The molecule has 29 heavy (non-hydrogen) atoms. The number of nitrogens with one attached hydrogen (secondary N) is 1. The largest absolute Gasteiger partial charge is 0.425 e. The summed E-state index contributed by atoms with van der Waals surface area (Å²) in [6.07, 6.45) is 1.29. The van der Waals surface area contributed by atoms with Gasteiger partial charge in [-0.05, 0) is 25.1 Å². The maximum atomic E-state index is 13.1. The van der Waals surface area contributed by atoms with Crippen LogP contribution in [0.15, 0.2) is 43.1 Å². The smallest absolute Gasteiger partial charge is 0.338 e. The number of anilines is 2. The third kappa shape index (κ3) is 3.48. The Balaban J connectivity index is 1.66. The van der Waals surface area contributed by atoms with Crippen LogP contribution in [0.3, 0.4) is 0 Å². The number of fused-ring (bicyclic) bond motifs is 1. The molecule has 150 valence electrons. The molecule has 1 N–H and O–H groups in total. The zero-order valence-corrected chi connectivity index (χ0v) is 15.8. The molecule has 3 aromatic rings. The van der Waals surface area contributed by atoms with Crippen LogP contribution < -0.4 is 10.2 Å². The van der Waals surface area contributed by atoms with Crippen LogP contribution in [0.2, 0.25) is 0 Å². The van der Waals surface area contributed by atoms with Gasteiger partial charge in [-0.2, -0.15) is 13.2 Å². The summed E-state index contributed by atoms with van der Waals surface area (Å²) in [5, 5.41) is 2.80. The highest BCUT2D eigenvalue weighted by atomic mass is 32.1. The van der Waals surface area contributed by atoms with Crippen LogP contribution in [0, 0.1) is 0 Å². The molecule has 0 spiro atoms. The van der Waals surface area contributed by atoms with Crippen LogP contribution >= 0.6 is 11.3 Å². The quantitative estimate of drug-likeness (QED) is 0.697. The number of nitrogens with zero attached hydrogens (tertiary/aromatic N) is 4. The number of rotatable bonds is 3. The van der Waals surface area contributed by atoms with E-state index in [4.69, 9.17) is 0 Å². The molecule has 0 fully saturated rings. The van der Waals surface area contributed by atoms with Crippen LogP contribution in [-0.4, -0.2) is 32.9 Å². The highest BCUT2D eigenvalue weighted by Gasteiger charge is 2.37. The van der Waals surface area contributed by atoms with Gasteiger partial charge in [0.2, 0.25) is 0 Å². The number of halogens is 3. The van der Waals surface area contributed by atoms with Crippen LogP contribution in [0.1, 0.15) is 38.7 Å². The Labute approximate surface area is 166 Å². The van der Waals surface area contributed by atoms with E-state index in [1.807, 2.05) is 6.92 Å². The molecular formula is C18H14F3N5O2S. The molecule has 1 aliphatic rings. The third-order valence-corrected chi connectivity index (χ3v) is 5.64. The fourth-order valence-corrected chi connectivity index (χ4v) is 4.04. The minimum atomic E-state index is -4.48. The third-order valence-electron chi connectivity index (χ3n) is 4.48. The Bertz CT molecular complexity index is 1080. The van der Waals surface area contributed by atoms with Gasteiger partial charge in [0, 0.05) is 18.8 Å². The normalized spacial score (nSPS) is 16.6. The Morgan fingerprint density at radius 1 is 1.24 bits per heavy atom. The fraction of sp³-hybridized carbons (Fsp3) is 0.222. The van der Waals surface area contributed by atoms with Crippen molar-refractivity contribution >= 4 is 33.8 Å². The predicted octanol–water partition coefficient (Wildman–Crippen LogP) is 3.83. The van der Waals surface area contributed by atoms with Gasteiger partial charge in [0.15, 0.2) is 0 Å².